The van der Waals surface area contributed by atoms with Gasteiger partial charge in [-0.05, 0) is 49.4 Å². The van der Waals surface area contributed by atoms with Crippen LogP contribution in [0.2, 0.25) is 5.02 Å². The number of hydrogen-bond donors (Lipinski definition) is 3. The lowest BCUT2D eigenvalue weighted by Gasteiger charge is -2.24. The summed E-state index contributed by atoms with van der Waals surface area (Å²) in [4.78, 5) is 22.0. The fourth-order valence-electron chi connectivity index (χ4n) is 3.89. The number of halogens is 1. The van der Waals surface area contributed by atoms with Crippen molar-refractivity contribution < 1.29 is 29.6 Å². The Morgan fingerprint density at radius 1 is 1.23 bits per heavy atom. The minimum atomic E-state index is -0.773. The molecular weight excluding hydrogens is 428 g/mol. The van der Waals surface area contributed by atoms with Crippen molar-refractivity contribution in [3.05, 3.63) is 29.3 Å². The molecule has 0 aromatic heterocycles. The molecule has 8 heteroatoms. The van der Waals surface area contributed by atoms with Crippen LogP contribution in [0.5, 0.6) is 5.75 Å². The molecule has 0 saturated heterocycles. The zero-order chi connectivity index (χ0) is 21.9. The molecule has 0 radical (unpaired) electrons. The monoisotopic (exact) mass is 458 g/mol. The number of rotatable bonds is 14. The van der Waals surface area contributed by atoms with Crippen LogP contribution in [0, 0.1) is 11.8 Å². The number of benzene rings is 1. The number of carbonyl (C=O) groups is 2. The van der Waals surface area contributed by atoms with Crippen LogP contribution >= 0.6 is 23.4 Å². The summed E-state index contributed by atoms with van der Waals surface area (Å²) in [6.45, 7) is 0.142. The molecule has 3 unspecified atom stereocenters. The highest BCUT2D eigenvalue weighted by molar-refractivity contribution is 8.00. The van der Waals surface area contributed by atoms with Gasteiger partial charge in [0.15, 0.2) is 0 Å². The first-order chi connectivity index (χ1) is 14.4. The molecule has 1 aliphatic rings. The van der Waals surface area contributed by atoms with Crippen molar-refractivity contribution in [3.63, 3.8) is 0 Å². The normalized spacial score (nSPS) is 24.5. The summed E-state index contributed by atoms with van der Waals surface area (Å²) in [5.41, 5.74) is 0. The van der Waals surface area contributed by atoms with Gasteiger partial charge in [0.2, 0.25) is 0 Å². The highest BCUT2D eigenvalue weighted by Crippen LogP contribution is 2.42. The number of unbranched alkanes of at least 4 members (excludes halogenated alkanes) is 3. The molecule has 0 amide bonds. The maximum absolute atomic E-state index is 11.5. The van der Waals surface area contributed by atoms with E-state index in [1.807, 2.05) is 0 Å². The van der Waals surface area contributed by atoms with E-state index in [0.29, 0.717) is 29.4 Å². The zero-order valence-corrected chi connectivity index (χ0v) is 18.6. The van der Waals surface area contributed by atoms with Crippen molar-refractivity contribution in [1.29, 1.82) is 0 Å². The molecule has 5 atom stereocenters. The number of hydrogen-bond acceptors (Lipinski definition) is 6. The topological polar surface area (TPSA) is 104 Å². The summed E-state index contributed by atoms with van der Waals surface area (Å²) in [5.74, 6) is 0.178. The first-order valence-electron chi connectivity index (χ1n) is 10.4. The van der Waals surface area contributed by atoms with Gasteiger partial charge in [-0.1, -0.05) is 30.9 Å². The van der Waals surface area contributed by atoms with Crippen LogP contribution in [0.15, 0.2) is 24.3 Å². The van der Waals surface area contributed by atoms with Gasteiger partial charge in [-0.15, -0.1) is 0 Å². The van der Waals surface area contributed by atoms with E-state index in [1.54, 1.807) is 24.3 Å². The van der Waals surface area contributed by atoms with Crippen molar-refractivity contribution >= 4 is 35.6 Å². The fourth-order valence-corrected chi connectivity index (χ4v) is 5.47. The number of aldehydes is 1. The summed E-state index contributed by atoms with van der Waals surface area (Å²) >= 11 is 7.34. The lowest BCUT2D eigenvalue weighted by atomic mass is 9.91. The Kier molecular flexibility index (Phi) is 11.0. The van der Waals surface area contributed by atoms with Gasteiger partial charge in [-0.3, -0.25) is 4.79 Å². The standard InChI is InChI=1S/C22H31ClO6S/c23-16-7-9-18(10-8-16)29-13-17(25)14-30-22-19(15(12-24)11-20(22)26)5-3-1-2-4-6-21(27)28/h7-10,12,15,17,19-20,22,25-26H,1-6,11,13-14H2,(H,27,28)/t15?,17?,19-,20?,22+/m0/s1. The van der Waals surface area contributed by atoms with E-state index in [4.69, 9.17) is 21.4 Å². The zero-order valence-electron chi connectivity index (χ0n) is 17.0. The molecule has 1 fully saturated rings. The van der Waals surface area contributed by atoms with E-state index in [-0.39, 0.29) is 30.1 Å². The highest BCUT2D eigenvalue weighted by Gasteiger charge is 2.42. The number of carboxylic acids is 1. The van der Waals surface area contributed by atoms with Crippen molar-refractivity contribution in [3.8, 4) is 5.75 Å². The third kappa shape index (κ3) is 8.46. The average molecular weight is 459 g/mol. The van der Waals surface area contributed by atoms with E-state index >= 15 is 0 Å². The molecule has 0 bridgehead atoms. The summed E-state index contributed by atoms with van der Waals surface area (Å²) in [5, 5.41) is 29.9. The van der Waals surface area contributed by atoms with Crippen LogP contribution in [0.25, 0.3) is 0 Å². The molecule has 0 heterocycles. The van der Waals surface area contributed by atoms with Gasteiger partial charge in [0.05, 0.1) is 12.2 Å². The van der Waals surface area contributed by atoms with Crippen molar-refractivity contribution in [2.75, 3.05) is 12.4 Å². The Morgan fingerprint density at radius 3 is 2.60 bits per heavy atom. The molecular formula is C22H31ClO6S. The molecule has 3 N–H and O–H groups in total. The second-order valence-corrected chi connectivity index (χ2v) is 9.48. The molecule has 1 aliphatic carbocycles. The lowest BCUT2D eigenvalue weighted by Crippen LogP contribution is -2.28. The molecule has 2 rings (SSSR count). The number of ether oxygens (including phenoxy) is 1. The van der Waals surface area contributed by atoms with Gasteiger partial charge in [-0.25, -0.2) is 0 Å². The van der Waals surface area contributed by atoms with Crippen molar-refractivity contribution in [2.24, 2.45) is 11.8 Å². The molecule has 0 aliphatic heterocycles. The van der Waals surface area contributed by atoms with E-state index in [0.717, 1.165) is 32.0 Å². The minimum Gasteiger partial charge on any atom is -0.491 e. The van der Waals surface area contributed by atoms with Crippen LogP contribution in [0.4, 0.5) is 0 Å². The third-order valence-electron chi connectivity index (χ3n) is 5.45. The summed E-state index contributed by atoms with van der Waals surface area (Å²) in [6.07, 6.45) is 4.50. The van der Waals surface area contributed by atoms with E-state index < -0.39 is 18.2 Å². The number of carbonyl (C=O) groups excluding carboxylic acids is 1. The van der Waals surface area contributed by atoms with Gasteiger partial charge in [0, 0.05) is 28.4 Å². The fraction of sp³-hybridized carbons (Fsp3) is 0.636. The van der Waals surface area contributed by atoms with Crippen LogP contribution in [0.1, 0.15) is 44.9 Å². The van der Waals surface area contributed by atoms with Crippen LogP contribution in [-0.4, -0.2) is 57.4 Å². The quantitative estimate of drug-likeness (QED) is 0.287. The summed E-state index contributed by atoms with van der Waals surface area (Å²) < 4.78 is 5.57. The van der Waals surface area contributed by atoms with Crippen LogP contribution in [0.3, 0.4) is 0 Å². The second kappa shape index (κ2) is 13.2. The molecule has 0 spiro atoms. The predicted molar refractivity (Wildman–Crippen MR) is 118 cm³/mol. The second-order valence-electron chi connectivity index (χ2n) is 7.83. The van der Waals surface area contributed by atoms with Gasteiger partial charge in [0.25, 0.3) is 0 Å². The number of aliphatic hydroxyl groups excluding tert-OH is 2. The minimum absolute atomic E-state index is 0.0753. The van der Waals surface area contributed by atoms with Gasteiger partial charge in [-0.2, -0.15) is 11.8 Å². The Bertz CT molecular complexity index is 656. The Hall–Kier alpha value is -1.28. The van der Waals surface area contributed by atoms with E-state index in [2.05, 4.69) is 0 Å². The third-order valence-corrected chi connectivity index (χ3v) is 7.33. The summed E-state index contributed by atoms with van der Waals surface area (Å²) in [7, 11) is 0. The van der Waals surface area contributed by atoms with Crippen LogP contribution < -0.4 is 4.74 Å². The first-order valence-corrected chi connectivity index (χ1v) is 11.9. The first kappa shape index (κ1) is 25.0. The Balaban J connectivity index is 1.75. The van der Waals surface area contributed by atoms with E-state index in [9.17, 15) is 19.8 Å². The van der Waals surface area contributed by atoms with Gasteiger partial charge in [0.1, 0.15) is 18.6 Å². The molecule has 30 heavy (non-hydrogen) atoms. The van der Waals surface area contributed by atoms with Gasteiger partial charge >= 0.3 is 5.97 Å². The van der Waals surface area contributed by atoms with Gasteiger partial charge < -0.3 is 24.9 Å². The average Bonchev–Trinajstić information content (AvgIpc) is 3.02. The van der Waals surface area contributed by atoms with Crippen molar-refractivity contribution in [2.45, 2.75) is 62.4 Å². The molecule has 1 aromatic rings. The van der Waals surface area contributed by atoms with E-state index in [1.165, 1.54) is 11.8 Å². The number of aliphatic hydroxyl groups is 2. The number of aliphatic carboxylic acids is 1. The molecule has 168 valence electrons. The summed E-state index contributed by atoms with van der Waals surface area (Å²) in [6, 6.07) is 6.92. The Labute approximate surface area is 187 Å². The highest BCUT2D eigenvalue weighted by atomic mass is 35.5. The molecule has 1 aromatic carbocycles. The lowest BCUT2D eigenvalue weighted by molar-refractivity contribution is -0.137. The maximum Gasteiger partial charge on any atom is 0.303 e. The maximum atomic E-state index is 11.5. The largest absolute Gasteiger partial charge is 0.491 e. The number of thioether (sulfide) groups is 1. The van der Waals surface area contributed by atoms with Crippen molar-refractivity contribution in [1.82, 2.24) is 0 Å². The number of carboxylic acid groups (broad SMARTS) is 1. The van der Waals surface area contributed by atoms with Crippen LogP contribution in [-0.2, 0) is 9.59 Å². The Morgan fingerprint density at radius 2 is 1.93 bits per heavy atom. The predicted octanol–water partition coefficient (Wildman–Crippen LogP) is 3.80. The molecule has 6 nitrogen and oxygen atoms in total. The smallest absolute Gasteiger partial charge is 0.303 e. The SMILES string of the molecule is O=CC1CC(O)[C@H](SCC(O)COc2ccc(Cl)cc2)[C@H]1CCCCCCC(=O)O. The molecule has 1 saturated carbocycles.